The third-order valence-corrected chi connectivity index (χ3v) is 5.18. The number of amides is 1. The highest BCUT2D eigenvalue weighted by atomic mass is 32.1. The molecule has 3 aromatic rings. The lowest BCUT2D eigenvalue weighted by Gasteiger charge is -2.24. The Balaban J connectivity index is 1.56. The summed E-state index contributed by atoms with van der Waals surface area (Å²) in [4.78, 5) is 35.9. The minimum absolute atomic E-state index is 0.0474. The summed E-state index contributed by atoms with van der Waals surface area (Å²) in [6.07, 6.45) is 13.5. The molecule has 3 aromatic heterocycles. The standard InChI is InChI=1S/C18H19N7OS/c1-12-9-22-18(27-12)24-17-16(20-6-7-21-17)14-3-2-8-25(14)15(26)5-4-13-10-19-11-23-13/h4-7,9-11,14H,2-3,8H2,1H3,(H,19,23)(H,21,22,24)/b5-4+/t14-/m1/s1. The van der Waals surface area contributed by atoms with Crippen molar-refractivity contribution in [3.8, 4) is 0 Å². The van der Waals surface area contributed by atoms with Crippen molar-refractivity contribution in [1.82, 2.24) is 29.8 Å². The monoisotopic (exact) mass is 381 g/mol. The first kappa shape index (κ1) is 17.3. The minimum atomic E-state index is -0.110. The van der Waals surface area contributed by atoms with E-state index in [1.54, 1.807) is 48.4 Å². The molecule has 0 saturated carbocycles. The number of anilines is 2. The Bertz CT molecular complexity index is 950. The van der Waals surface area contributed by atoms with Crippen molar-refractivity contribution in [2.24, 2.45) is 0 Å². The van der Waals surface area contributed by atoms with E-state index in [4.69, 9.17) is 0 Å². The number of carbonyl (C=O) groups excluding carboxylic acids is 1. The molecule has 1 atom stereocenters. The third-order valence-electron chi connectivity index (χ3n) is 4.35. The van der Waals surface area contributed by atoms with Gasteiger partial charge in [0, 0.05) is 36.1 Å². The third kappa shape index (κ3) is 3.87. The van der Waals surface area contributed by atoms with E-state index >= 15 is 0 Å². The largest absolute Gasteiger partial charge is 0.345 e. The Morgan fingerprint density at radius 2 is 2.22 bits per heavy atom. The van der Waals surface area contributed by atoms with Crippen molar-refractivity contribution < 1.29 is 4.79 Å². The summed E-state index contributed by atoms with van der Waals surface area (Å²) >= 11 is 1.56. The van der Waals surface area contributed by atoms with Gasteiger partial charge in [-0.3, -0.25) is 9.78 Å². The van der Waals surface area contributed by atoms with Gasteiger partial charge < -0.3 is 15.2 Å². The lowest BCUT2D eigenvalue weighted by atomic mass is 10.1. The number of likely N-dealkylation sites (tertiary alicyclic amines) is 1. The number of aromatic nitrogens is 5. The normalized spacial score (nSPS) is 16.9. The Hall–Kier alpha value is -3.07. The van der Waals surface area contributed by atoms with Gasteiger partial charge in [0.05, 0.1) is 24.3 Å². The molecule has 0 aromatic carbocycles. The average Bonchev–Trinajstić information content (AvgIpc) is 3.42. The van der Waals surface area contributed by atoms with Crippen molar-refractivity contribution in [3.05, 3.63) is 53.5 Å². The fraction of sp³-hybridized carbons (Fsp3) is 0.278. The summed E-state index contributed by atoms with van der Waals surface area (Å²) in [6.45, 7) is 2.70. The first-order valence-corrected chi connectivity index (χ1v) is 9.50. The van der Waals surface area contributed by atoms with E-state index in [0.29, 0.717) is 12.4 Å². The summed E-state index contributed by atoms with van der Waals surface area (Å²) in [5, 5.41) is 4.02. The molecule has 2 N–H and O–H groups in total. The SMILES string of the molecule is Cc1cnc(Nc2nccnc2[C@H]2CCCN2C(=O)/C=C/c2cnc[nH]2)s1. The number of thiazole rings is 1. The number of rotatable bonds is 5. The fourth-order valence-corrected chi connectivity index (χ4v) is 3.80. The Labute approximate surface area is 160 Å². The van der Waals surface area contributed by atoms with Gasteiger partial charge in [0.25, 0.3) is 0 Å². The van der Waals surface area contributed by atoms with Gasteiger partial charge in [0.1, 0.15) is 5.69 Å². The summed E-state index contributed by atoms with van der Waals surface area (Å²) < 4.78 is 0. The fourth-order valence-electron chi connectivity index (χ4n) is 3.13. The molecule has 4 rings (SSSR count). The minimum Gasteiger partial charge on any atom is -0.345 e. The van der Waals surface area contributed by atoms with Gasteiger partial charge in [-0.25, -0.2) is 15.0 Å². The first-order valence-electron chi connectivity index (χ1n) is 8.68. The maximum Gasteiger partial charge on any atom is 0.247 e. The quantitative estimate of drug-likeness (QED) is 0.659. The summed E-state index contributed by atoms with van der Waals surface area (Å²) in [6, 6.07) is -0.110. The van der Waals surface area contributed by atoms with Crippen LogP contribution >= 0.6 is 11.3 Å². The Kier molecular flexibility index (Phi) is 4.93. The van der Waals surface area contributed by atoms with Crippen LogP contribution in [0, 0.1) is 6.92 Å². The number of carbonyl (C=O) groups is 1. The second kappa shape index (κ2) is 7.67. The number of hydrogen-bond acceptors (Lipinski definition) is 7. The first-order chi connectivity index (χ1) is 13.2. The van der Waals surface area contributed by atoms with Crippen LogP contribution in [0.1, 0.15) is 35.1 Å². The maximum absolute atomic E-state index is 12.7. The molecule has 0 unspecified atom stereocenters. The van der Waals surface area contributed by atoms with E-state index in [1.807, 2.05) is 18.0 Å². The predicted molar refractivity (Wildman–Crippen MR) is 103 cm³/mol. The molecule has 9 heteroatoms. The second-order valence-electron chi connectivity index (χ2n) is 6.22. The van der Waals surface area contributed by atoms with Gasteiger partial charge in [-0.15, -0.1) is 11.3 Å². The molecule has 8 nitrogen and oxygen atoms in total. The molecule has 0 bridgehead atoms. The molecule has 0 radical (unpaired) electrons. The zero-order valence-electron chi connectivity index (χ0n) is 14.8. The summed E-state index contributed by atoms with van der Waals surface area (Å²) in [5.74, 6) is 0.600. The van der Waals surface area contributed by atoms with Gasteiger partial charge in [0.15, 0.2) is 10.9 Å². The summed E-state index contributed by atoms with van der Waals surface area (Å²) in [7, 11) is 0. The van der Waals surface area contributed by atoms with Gasteiger partial charge in [-0.2, -0.15) is 0 Å². The second-order valence-corrected chi connectivity index (χ2v) is 7.46. The highest BCUT2D eigenvalue weighted by Crippen LogP contribution is 2.35. The van der Waals surface area contributed by atoms with E-state index in [9.17, 15) is 4.79 Å². The van der Waals surface area contributed by atoms with Crippen LogP contribution in [0.15, 0.2) is 37.2 Å². The van der Waals surface area contributed by atoms with Crippen LogP contribution < -0.4 is 5.32 Å². The van der Waals surface area contributed by atoms with Crippen LogP contribution in [0.5, 0.6) is 0 Å². The number of H-pyrrole nitrogens is 1. The number of nitrogens with one attached hydrogen (secondary N) is 2. The van der Waals surface area contributed by atoms with Crippen molar-refractivity contribution in [2.75, 3.05) is 11.9 Å². The number of aromatic amines is 1. The highest BCUT2D eigenvalue weighted by molar-refractivity contribution is 7.15. The molecular weight excluding hydrogens is 362 g/mol. The molecule has 4 heterocycles. The molecule has 0 spiro atoms. The van der Waals surface area contributed by atoms with Crippen LogP contribution in [-0.4, -0.2) is 42.3 Å². The number of imidazole rings is 1. The molecule has 0 aliphatic carbocycles. The van der Waals surface area contributed by atoms with Gasteiger partial charge in [0.2, 0.25) is 5.91 Å². The van der Waals surface area contributed by atoms with Crippen molar-refractivity contribution in [3.63, 3.8) is 0 Å². The van der Waals surface area contributed by atoms with Crippen molar-refractivity contribution in [2.45, 2.75) is 25.8 Å². The predicted octanol–water partition coefficient (Wildman–Crippen LogP) is 3.09. The molecule has 1 aliphatic rings. The molecule has 1 saturated heterocycles. The molecule has 1 amide bonds. The maximum atomic E-state index is 12.7. The average molecular weight is 381 g/mol. The highest BCUT2D eigenvalue weighted by Gasteiger charge is 2.32. The Morgan fingerprint density at radius 1 is 1.33 bits per heavy atom. The van der Waals surface area contributed by atoms with Crippen LogP contribution in [0.3, 0.4) is 0 Å². The van der Waals surface area contributed by atoms with E-state index in [1.165, 1.54) is 0 Å². The van der Waals surface area contributed by atoms with Crippen molar-refractivity contribution in [1.29, 1.82) is 0 Å². The molecule has 138 valence electrons. The molecule has 27 heavy (non-hydrogen) atoms. The van der Waals surface area contributed by atoms with Crippen LogP contribution in [0.25, 0.3) is 6.08 Å². The number of nitrogens with zero attached hydrogens (tertiary/aromatic N) is 5. The lowest BCUT2D eigenvalue weighted by Crippen LogP contribution is -2.30. The van der Waals surface area contributed by atoms with E-state index in [2.05, 4.69) is 30.2 Å². The summed E-state index contributed by atoms with van der Waals surface area (Å²) in [5.41, 5.74) is 1.56. The van der Waals surface area contributed by atoms with E-state index in [-0.39, 0.29) is 11.9 Å². The van der Waals surface area contributed by atoms with E-state index < -0.39 is 0 Å². The van der Waals surface area contributed by atoms with Crippen LogP contribution in [0.4, 0.5) is 10.9 Å². The Morgan fingerprint density at radius 3 is 3.00 bits per heavy atom. The number of aryl methyl sites for hydroxylation is 1. The lowest BCUT2D eigenvalue weighted by molar-refractivity contribution is -0.126. The topological polar surface area (TPSA) is 99.7 Å². The molecule has 1 aliphatic heterocycles. The molecule has 1 fully saturated rings. The number of hydrogen-bond donors (Lipinski definition) is 2. The smallest absolute Gasteiger partial charge is 0.247 e. The zero-order chi connectivity index (χ0) is 18.6. The van der Waals surface area contributed by atoms with Gasteiger partial charge >= 0.3 is 0 Å². The van der Waals surface area contributed by atoms with Crippen LogP contribution in [-0.2, 0) is 4.79 Å². The van der Waals surface area contributed by atoms with Crippen LogP contribution in [0.2, 0.25) is 0 Å². The van der Waals surface area contributed by atoms with Gasteiger partial charge in [-0.05, 0) is 25.8 Å². The van der Waals surface area contributed by atoms with Gasteiger partial charge in [-0.1, -0.05) is 0 Å². The zero-order valence-corrected chi connectivity index (χ0v) is 15.6. The molecular formula is C18H19N7OS. The van der Waals surface area contributed by atoms with Crippen molar-refractivity contribution >= 4 is 34.3 Å². The van der Waals surface area contributed by atoms with E-state index in [0.717, 1.165) is 34.2 Å².